The molecule has 1 heterocycles. The molecule has 0 aliphatic rings. The van der Waals surface area contributed by atoms with Crippen LogP contribution in [0.3, 0.4) is 0 Å². The molecule has 0 radical (unpaired) electrons. The average molecular weight is 275 g/mol. The third kappa shape index (κ3) is 2.93. The van der Waals surface area contributed by atoms with Gasteiger partial charge in [-0.2, -0.15) is 0 Å². The summed E-state index contributed by atoms with van der Waals surface area (Å²) < 4.78 is 12.7. The highest BCUT2D eigenvalue weighted by molar-refractivity contribution is 5.41. The maximum atomic E-state index is 5.34. The first-order valence-electron chi connectivity index (χ1n) is 6.63. The molecule has 1 N–H and O–H groups in total. The Balaban J connectivity index is 2.46. The molecule has 0 amide bonds. The van der Waals surface area contributed by atoms with E-state index in [0.717, 1.165) is 29.4 Å². The lowest BCUT2D eigenvalue weighted by atomic mass is 10.0. The van der Waals surface area contributed by atoms with Crippen molar-refractivity contribution in [2.45, 2.75) is 13.0 Å². The lowest BCUT2D eigenvalue weighted by Gasteiger charge is -2.19. The lowest BCUT2D eigenvalue weighted by Crippen LogP contribution is -2.24. The Morgan fingerprint density at radius 3 is 2.30 bits per heavy atom. The minimum Gasteiger partial charge on any atom is -0.497 e. The number of benzene rings is 1. The summed E-state index contributed by atoms with van der Waals surface area (Å²) in [6, 6.07) is 5.88. The van der Waals surface area contributed by atoms with Gasteiger partial charge in [0.1, 0.15) is 17.3 Å². The lowest BCUT2D eigenvalue weighted by molar-refractivity contribution is 0.392. The Morgan fingerprint density at radius 2 is 1.85 bits per heavy atom. The summed E-state index contributed by atoms with van der Waals surface area (Å²) in [7, 11) is 5.30. The molecule has 20 heavy (non-hydrogen) atoms. The molecule has 5 nitrogen and oxygen atoms in total. The van der Waals surface area contributed by atoms with Crippen molar-refractivity contribution in [1.82, 2.24) is 14.9 Å². The van der Waals surface area contributed by atoms with Crippen LogP contribution in [0.4, 0.5) is 0 Å². The molecule has 0 saturated carbocycles. The maximum Gasteiger partial charge on any atom is 0.130 e. The smallest absolute Gasteiger partial charge is 0.130 e. The fraction of sp³-hybridized carbons (Fsp3) is 0.400. The van der Waals surface area contributed by atoms with E-state index in [0.29, 0.717) is 0 Å². The highest BCUT2D eigenvalue weighted by atomic mass is 16.5. The van der Waals surface area contributed by atoms with Crippen LogP contribution in [0.5, 0.6) is 11.5 Å². The van der Waals surface area contributed by atoms with E-state index >= 15 is 0 Å². The van der Waals surface area contributed by atoms with Gasteiger partial charge in [-0.1, -0.05) is 6.92 Å². The summed E-state index contributed by atoms with van der Waals surface area (Å²) >= 11 is 0. The van der Waals surface area contributed by atoms with Gasteiger partial charge in [0.25, 0.3) is 0 Å². The second-order valence-electron chi connectivity index (χ2n) is 4.53. The number of hydrogen-bond acceptors (Lipinski definition) is 4. The average Bonchev–Trinajstić information content (AvgIpc) is 2.90. The quantitative estimate of drug-likeness (QED) is 0.877. The molecule has 108 valence electrons. The molecular formula is C15H21N3O2. The van der Waals surface area contributed by atoms with Crippen molar-refractivity contribution in [3.8, 4) is 11.5 Å². The second-order valence-corrected chi connectivity index (χ2v) is 4.53. The summed E-state index contributed by atoms with van der Waals surface area (Å²) in [6.45, 7) is 2.92. The fourth-order valence-electron chi connectivity index (χ4n) is 2.21. The van der Waals surface area contributed by atoms with E-state index in [4.69, 9.17) is 9.47 Å². The van der Waals surface area contributed by atoms with E-state index in [2.05, 4.69) is 17.2 Å². The van der Waals surface area contributed by atoms with E-state index in [9.17, 15) is 0 Å². The molecule has 1 unspecified atom stereocenters. The van der Waals surface area contributed by atoms with Crippen LogP contribution in [-0.4, -0.2) is 30.3 Å². The molecule has 0 fully saturated rings. The van der Waals surface area contributed by atoms with Gasteiger partial charge >= 0.3 is 0 Å². The van der Waals surface area contributed by atoms with Gasteiger partial charge in [0.05, 0.1) is 20.3 Å². The van der Waals surface area contributed by atoms with Gasteiger partial charge in [0.2, 0.25) is 0 Å². The van der Waals surface area contributed by atoms with Gasteiger partial charge in [-0.3, -0.25) is 0 Å². The first-order valence-corrected chi connectivity index (χ1v) is 6.63. The van der Waals surface area contributed by atoms with E-state index in [1.807, 2.05) is 36.0 Å². The third-order valence-electron chi connectivity index (χ3n) is 3.23. The molecule has 0 saturated heterocycles. The van der Waals surface area contributed by atoms with E-state index in [1.165, 1.54) is 0 Å². The van der Waals surface area contributed by atoms with Crippen molar-refractivity contribution in [3.05, 3.63) is 42.0 Å². The molecular weight excluding hydrogens is 254 g/mol. The van der Waals surface area contributed by atoms with E-state index in [1.54, 1.807) is 20.4 Å². The highest BCUT2D eigenvalue weighted by Gasteiger charge is 2.18. The number of methoxy groups -OCH3 is 2. The predicted octanol–water partition coefficient (Wildman–Crippen LogP) is 2.14. The molecule has 0 aliphatic carbocycles. The summed E-state index contributed by atoms with van der Waals surface area (Å²) in [5.74, 6) is 2.51. The summed E-state index contributed by atoms with van der Waals surface area (Å²) in [4.78, 5) is 4.44. The van der Waals surface area contributed by atoms with Gasteiger partial charge in [-0.15, -0.1) is 0 Å². The second kappa shape index (κ2) is 6.43. The molecule has 1 aromatic heterocycles. The molecule has 2 rings (SSSR count). The molecule has 1 aromatic carbocycles. The zero-order valence-corrected chi connectivity index (χ0v) is 12.4. The van der Waals surface area contributed by atoms with Crippen LogP contribution in [-0.2, 0) is 7.05 Å². The number of hydrogen-bond donors (Lipinski definition) is 1. The van der Waals surface area contributed by atoms with Crippen LogP contribution in [0.15, 0.2) is 30.6 Å². The minimum absolute atomic E-state index is 0.00370. The van der Waals surface area contributed by atoms with Crippen LogP contribution in [0, 0.1) is 0 Å². The molecule has 0 bridgehead atoms. The largest absolute Gasteiger partial charge is 0.497 e. The van der Waals surface area contributed by atoms with Gasteiger partial charge in [-0.05, 0) is 24.2 Å². The topological polar surface area (TPSA) is 48.3 Å². The highest BCUT2D eigenvalue weighted by Crippen LogP contribution is 2.29. The number of ether oxygens (including phenoxy) is 2. The van der Waals surface area contributed by atoms with Crippen molar-refractivity contribution in [3.63, 3.8) is 0 Å². The normalized spacial score (nSPS) is 12.2. The van der Waals surface area contributed by atoms with Crippen LogP contribution >= 0.6 is 0 Å². The van der Waals surface area contributed by atoms with Crippen molar-refractivity contribution < 1.29 is 9.47 Å². The van der Waals surface area contributed by atoms with E-state index < -0.39 is 0 Å². The standard InChI is InChI=1S/C15H21N3O2/c1-5-16-14(15-17-6-7-18(15)2)11-8-12(19-3)10-13(9-11)20-4/h6-10,14,16H,5H2,1-4H3. The zero-order valence-electron chi connectivity index (χ0n) is 12.4. The number of nitrogens with zero attached hydrogens (tertiary/aromatic N) is 2. The summed E-state index contributed by atoms with van der Waals surface area (Å²) in [5.41, 5.74) is 1.07. The van der Waals surface area contributed by atoms with Gasteiger partial charge < -0.3 is 19.4 Å². The van der Waals surface area contributed by atoms with Crippen LogP contribution in [0.2, 0.25) is 0 Å². The Bertz CT molecular complexity index is 544. The van der Waals surface area contributed by atoms with Crippen molar-refractivity contribution in [1.29, 1.82) is 0 Å². The first kappa shape index (κ1) is 14.4. The minimum atomic E-state index is 0.00370. The summed E-state index contributed by atoms with van der Waals surface area (Å²) in [6.07, 6.45) is 3.74. The molecule has 2 aromatic rings. The molecule has 1 atom stereocenters. The SMILES string of the molecule is CCNC(c1cc(OC)cc(OC)c1)c1nccn1C. The monoisotopic (exact) mass is 275 g/mol. The van der Waals surface area contributed by atoms with Crippen molar-refractivity contribution in [2.24, 2.45) is 7.05 Å². The van der Waals surface area contributed by atoms with Gasteiger partial charge in [0.15, 0.2) is 0 Å². The maximum absolute atomic E-state index is 5.34. The number of imidazole rings is 1. The predicted molar refractivity (Wildman–Crippen MR) is 78.3 cm³/mol. The number of aryl methyl sites for hydroxylation is 1. The Morgan fingerprint density at radius 1 is 1.20 bits per heavy atom. The van der Waals surface area contributed by atoms with Crippen molar-refractivity contribution in [2.75, 3.05) is 20.8 Å². The van der Waals surface area contributed by atoms with Gasteiger partial charge in [-0.25, -0.2) is 4.98 Å². The summed E-state index contributed by atoms with van der Waals surface area (Å²) in [5, 5.41) is 3.45. The van der Waals surface area contributed by atoms with Crippen LogP contribution in [0.1, 0.15) is 24.4 Å². The molecule has 0 spiro atoms. The fourth-order valence-corrected chi connectivity index (χ4v) is 2.21. The number of nitrogens with one attached hydrogen (secondary N) is 1. The van der Waals surface area contributed by atoms with Gasteiger partial charge in [0, 0.05) is 25.5 Å². The van der Waals surface area contributed by atoms with E-state index in [-0.39, 0.29) is 6.04 Å². The van der Waals surface area contributed by atoms with Crippen LogP contribution in [0.25, 0.3) is 0 Å². The third-order valence-corrected chi connectivity index (χ3v) is 3.23. The number of rotatable bonds is 6. The molecule has 5 heteroatoms. The zero-order chi connectivity index (χ0) is 14.5. The van der Waals surface area contributed by atoms with Crippen molar-refractivity contribution >= 4 is 0 Å². The van der Waals surface area contributed by atoms with Crippen LogP contribution < -0.4 is 14.8 Å². The molecule has 0 aliphatic heterocycles. The Kier molecular flexibility index (Phi) is 4.63. The Hall–Kier alpha value is -2.01. The number of aromatic nitrogens is 2. The first-order chi connectivity index (χ1) is 9.69. The Labute approximate surface area is 119 Å².